The Bertz CT molecular complexity index is 1470. The van der Waals surface area contributed by atoms with Crippen molar-refractivity contribution < 1.29 is 8.42 Å². The molecule has 0 bridgehead atoms. The average Bonchev–Trinajstić information content (AvgIpc) is 2.78. The summed E-state index contributed by atoms with van der Waals surface area (Å²) in [7, 11) is -3.70. The Kier molecular flexibility index (Phi) is 6.75. The van der Waals surface area contributed by atoms with Crippen LogP contribution in [0.15, 0.2) is 71.6 Å². The zero-order chi connectivity index (χ0) is 25.2. The predicted molar refractivity (Wildman–Crippen MR) is 142 cm³/mol. The summed E-state index contributed by atoms with van der Waals surface area (Å²) in [5.74, 6) is 1.93. The minimum Gasteiger partial charge on any atom is -0.340 e. The molecule has 0 amide bonds. The van der Waals surface area contributed by atoms with Gasteiger partial charge in [0.15, 0.2) is 0 Å². The topological polar surface area (TPSA) is 96.0 Å². The molecule has 8 heteroatoms. The molecule has 0 saturated carbocycles. The Labute approximate surface area is 206 Å². The molecular weight excluding hydrogens is 458 g/mol. The van der Waals surface area contributed by atoms with E-state index in [0.717, 1.165) is 22.5 Å². The van der Waals surface area contributed by atoms with Crippen LogP contribution in [0.2, 0.25) is 0 Å². The second-order valence-electron chi connectivity index (χ2n) is 8.69. The molecule has 3 N–H and O–H groups in total. The third kappa shape index (κ3) is 5.96. The molecular formula is C27H29N5O2S. The van der Waals surface area contributed by atoms with Crippen molar-refractivity contribution in [2.75, 3.05) is 15.4 Å². The summed E-state index contributed by atoms with van der Waals surface area (Å²) in [4.78, 5) is 9.20. The van der Waals surface area contributed by atoms with E-state index in [9.17, 15) is 8.42 Å². The molecule has 1 heterocycles. The first-order valence-electron chi connectivity index (χ1n) is 11.3. The van der Waals surface area contributed by atoms with Gasteiger partial charge in [-0.15, -0.1) is 0 Å². The maximum absolute atomic E-state index is 13.0. The number of aromatic nitrogens is 2. The SMILES string of the molecule is Cc1ccc(Nc2cc(Nc3ccc(NS(=O)(=O)c4cc(C)c(C)cc4C)cc3)nc(C)n2)cc1. The number of nitrogens with one attached hydrogen (secondary N) is 3. The quantitative estimate of drug-likeness (QED) is 0.283. The fraction of sp³-hybridized carbons (Fsp3) is 0.185. The summed E-state index contributed by atoms with van der Waals surface area (Å²) in [5, 5.41) is 6.55. The monoisotopic (exact) mass is 487 g/mol. The Morgan fingerprint density at radius 3 is 1.66 bits per heavy atom. The minimum atomic E-state index is -3.70. The molecule has 0 unspecified atom stereocenters. The van der Waals surface area contributed by atoms with Crippen LogP contribution in [0, 0.1) is 34.6 Å². The van der Waals surface area contributed by atoms with E-state index in [1.165, 1.54) is 5.56 Å². The molecule has 4 rings (SSSR count). The van der Waals surface area contributed by atoms with Crippen molar-refractivity contribution in [1.29, 1.82) is 0 Å². The summed E-state index contributed by atoms with van der Waals surface area (Å²) in [6.07, 6.45) is 0. The first-order chi connectivity index (χ1) is 16.6. The molecule has 0 atom stereocenters. The fourth-order valence-corrected chi connectivity index (χ4v) is 5.05. The second-order valence-corrected chi connectivity index (χ2v) is 10.3. The highest BCUT2D eigenvalue weighted by molar-refractivity contribution is 7.92. The van der Waals surface area contributed by atoms with Crippen molar-refractivity contribution >= 4 is 38.7 Å². The van der Waals surface area contributed by atoms with E-state index in [0.29, 0.717) is 28.7 Å². The summed E-state index contributed by atoms with van der Waals surface area (Å²) in [6, 6.07) is 20.5. The molecule has 35 heavy (non-hydrogen) atoms. The van der Waals surface area contributed by atoms with E-state index in [4.69, 9.17) is 0 Å². The van der Waals surface area contributed by atoms with Gasteiger partial charge in [-0.1, -0.05) is 23.8 Å². The molecule has 0 saturated heterocycles. The molecule has 0 spiro atoms. The van der Waals surface area contributed by atoms with E-state index < -0.39 is 10.0 Å². The van der Waals surface area contributed by atoms with Crippen molar-refractivity contribution in [2.45, 2.75) is 39.5 Å². The summed E-state index contributed by atoms with van der Waals surface area (Å²) >= 11 is 0. The van der Waals surface area contributed by atoms with Crippen LogP contribution in [0.25, 0.3) is 0 Å². The number of sulfonamides is 1. The lowest BCUT2D eigenvalue weighted by atomic mass is 10.1. The smallest absolute Gasteiger partial charge is 0.262 e. The zero-order valence-electron chi connectivity index (χ0n) is 20.5. The molecule has 7 nitrogen and oxygen atoms in total. The molecule has 1 aromatic heterocycles. The third-order valence-corrected chi connectivity index (χ3v) is 7.18. The standard InChI is InChI=1S/C27H29N5O2S/c1-17-6-8-22(9-7-17)30-26-16-27(29-21(5)28-26)31-23-10-12-24(13-11-23)32-35(33,34)25-15-19(3)18(2)14-20(25)4/h6-16,32H,1-5H3,(H2,28,29,30,31). The third-order valence-electron chi connectivity index (χ3n) is 5.65. The number of anilines is 5. The van der Waals surface area contributed by atoms with Gasteiger partial charge in [-0.3, -0.25) is 4.72 Å². The Morgan fingerprint density at radius 2 is 1.09 bits per heavy atom. The predicted octanol–water partition coefficient (Wildman–Crippen LogP) is 6.31. The number of hydrogen-bond acceptors (Lipinski definition) is 6. The maximum atomic E-state index is 13.0. The van der Waals surface area contributed by atoms with Crippen LogP contribution in [0.1, 0.15) is 28.1 Å². The van der Waals surface area contributed by atoms with Crippen LogP contribution in [0.5, 0.6) is 0 Å². The van der Waals surface area contributed by atoms with Crippen molar-refractivity contribution in [3.63, 3.8) is 0 Å². The lowest BCUT2D eigenvalue weighted by Crippen LogP contribution is -2.14. The van der Waals surface area contributed by atoms with Gasteiger partial charge in [-0.2, -0.15) is 0 Å². The molecule has 0 radical (unpaired) electrons. The van der Waals surface area contributed by atoms with Crippen LogP contribution in [-0.2, 0) is 10.0 Å². The van der Waals surface area contributed by atoms with Gasteiger partial charge < -0.3 is 10.6 Å². The molecule has 0 aliphatic carbocycles. The molecule has 0 aliphatic heterocycles. The molecule has 180 valence electrons. The Morgan fingerprint density at radius 1 is 0.600 bits per heavy atom. The number of aryl methyl sites for hydroxylation is 5. The van der Waals surface area contributed by atoms with E-state index in [1.54, 1.807) is 37.3 Å². The largest absolute Gasteiger partial charge is 0.340 e. The molecule has 3 aromatic carbocycles. The van der Waals surface area contributed by atoms with Crippen molar-refractivity contribution in [1.82, 2.24) is 9.97 Å². The minimum absolute atomic E-state index is 0.285. The van der Waals surface area contributed by atoms with Crippen molar-refractivity contribution in [2.24, 2.45) is 0 Å². The van der Waals surface area contributed by atoms with Gasteiger partial charge in [-0.05, 0) is 93.8 Å². The van der Waals surface area contributed by atoms with Gasteiger partial charge in [-0.25, -0.2) is 18.4 Å². The van der Waals surface area contributed by atoms with E-state index in [1.807, 2.05) is 64.1 Å². The lowest BCUT2D eigenvalue weighted by molar-refractivity contribution is 0.600. The van der Waals surface area contributed by atoms with Crippen molar-refractivity contribution in [3.8, 4) is 0 Å². The van der Waals surface area contributed by atoms with Crippen LogP contribution in [0.3, 0.4) is 0 Å². The highest BCUT2D eigenvalue weighted by Gasteiger charge is 2.18. The highest BCUT2D eigenvalue weighted by Crippen LogP contribution is 2.25. The van der Waals surface area contributed by atoms with Gasteiger partial charge in [0.25, 0.3) is 10.0 Å². The van der Waals surface area contributed by atoms with Crippen LogP contribution < -0.4 is 15.4 Å². The number of nitrogens with zero attached hydrogens (tertiary/aromatic N) is 2. The first-order valence-corrected chi connectivity index (χ1v) is 12.7. The van der Waals surface area contributed by atoms with Crippen LogP contribution in [-0.4, -0.2) is 18.4 Å². The zero-order valence-corrected chi connectivity index (χ0v) is 21.3. The molecule has 0 aliphatic rings. The fourth-order valence-electron chi connectivity index (χ4n) is 3.68. The van der Waals surface area contributed by atoms with E-state index in [-0.39, 0.29) is 4.90 Å². The summed E-state index contributed by atoms with van der Waals surface area (Å²) in [6.45, 7) is 9.56. The van der Waals surface area contributed by atoms with Gasteiger partial charge in [0.1, 0.15) is 17.5 Å². The van der Waals surface area contributed by atoms with Crippen LogP contribution >= 0.6 is 0 Å². The van der Waals surface area contributed by atoms with Gasteiger partial charge in [0.05, 0.1) is 4.90 Å². The van der Waals surface area contributed by atoms with Gasteiger partial charge in [0, 0.05) is 23.1 Å². The number of rotatable bonds is 7. The second kappa shape index (κ2) is 9.76. The summed E-state index contributed by atoms with van der Waals surface area (Å²) < 4.78 is 28.6. The van der Waals surface area contributed by atoms with Crippen LogP contribution in [0.4, 0.5) is 28.7 Å². The normalized spacial score (nSPS) is 11.2. The lowest BCUT2D eigenvalue weighted by Gasteiger charge is -2.14. The average molecular weight is 488 g/mol. The number of benzene rings is 3. The van der Waals surface area contributed by atoms with E-state index >= 15 is 0 Å². The van der Waals surface area contributed by atoms with Crippen molar-refractivity contribution in [3.05, 3.63) is 94.8 Å². The Balaban J connectivity index is 1.48. The van der Waals surface area contributed by atoms with E-state index in [2.05, 4.69) is 25.3 Å². The molecule has 0 fully saturated rings. The highest BCUT2D eigenvalue weighted by atomic mass is 32.2. The Hall–Kier alpha value is -3.91. The maximum Gasteiger partial charge on any atom is 0.262 e. The number of hydrogen-bond donors (Lipinski definition) is 3. The van der Waals surface area contributed by atoms with Gasteiger partial charge in [0.2, 0.25) is 0 Å². The van der Waals surface area contributed by atoms with Gasteiger partial charge >= 0.3 is 0 Å². The first kappa shape index (κ1) is 24.2. The summed E-state index contributed by atoms with van der Waals surface area (Å²) in [5.41, 5.74) is 6.10. The molecule has 4 aromatic rings.